The van der Waals surface area contributed by atoms with Gasteiger partial charge in [-0.25, -0.2) is 4.39 Å². The largest absolute Gasteiger partial charge is 0.363 e. The smallest absolute Gasteiger partial charge is 0.224 e. The summed E-state index contributed by atoms with van der Waals surface area (Å²) in [5, 5.41) is 3.10. The molecule has 1 N–H and O–H groups in total. The molecule has 0 aromatic heterocycles. The number of fused-ring (bicyclic) bond motifs is 1. The molecule has 0 fully saturated rings. The molecule has 2 aromatic rings. The fourth-order valence-electron chi connectivity index (χ4n) is 3.86. The molecule has 0 radical (unpaired) electrons. The van der Waals surface area contributed by atoms with Crippen LogP contribution in [0.25, 0.3) is 5.57 Å². The Morgan fingerprint density at radius 3 is 2.38 bits per heavy atom. The van der Waals surface area contributed by atoms with E-state index >= 15 is 0 Å². The van der Waals surface area contributed by atoms with Gasteiger partial charge in [0.15, 0.2) is 0 Å². The average Bonchev–Trinajstić information content (AvgIpc) is 2.76. The zero-order valence-corrected chi connectivity index (χ0v) is 18.3. The molecule has 1 heterocycles. The minimum absolute atomic E-state index is 0.0423. The van der Waals surface area contributed by atoms with E-state index in [1.54, 1.807) is 6.07 Å². The van der Waals surface area contributed by atoms with Gasteiger partial charge in [-0.05, 0) is 78.3 Å². The molecule has 1 amide bonds. The second-order valence-corrected chi connectivity index (χ2v) is 9.31. The first-order valence-electron chi connectivity index (χ1n) is 10.1. The van der Waals surface area contributed by atoms with E-state index in [1.165, 1.54) is 6.07 Å². The number of anilines is 2. The normalized spacial score (nSPS) is 14.2. The van der Waals surface area contributed by atoms with Crippen molar-refractivity contribution in [1.82, 2.24) is 0 Å². The highest BCUT2D eigenvalue weighted by Crippen LogP contribution is 2.32. The van der Waals surface area contributed by atoms with Crippen LogP contribution in [0.3, 0.4) is 0 Å². The predicted octanol–water partition coefficient (Wildman–Crippen LogP) is 6.24. The Balaban J connectivity index is 1.87. The summed E-state index contributed by atoms with van der Waals surface area (Å²) < 4.78 is 13.7. The maximum Gasteiger partial charge on any atom is 0.224 e. The molecule has 0 saturated carbocycles. The fraction of sp³-hybridized carbons (Fsp3) is 0.400. The molecule has 1 aliphatic rings. The minimum Gasteiger partial charge on any atom is -0.363 e. The topological polar surface area (TPSA) is 32.3 Å². The van der Waals surface area contributed by atoms with Crippen molar-refractivity contribution >= 4 is 22.9 Å². The summed E-state index contributed by atoms with van der Waals surface area (Å²) in [7, 11) is 0. The summed E-state index contributed by atoms with van der Waals surface area (Å²) in [6, 6.07) is 9.27. The first-order chi connectivity index (χ1) is 13.5. The van der Waals surface area contributed by atoms with Crippen molar-refractivity contribution in [3.63, 3.8) is 0 Å². The van der Waals surface area contributed by atoms with Crippen molar-refractivity contribution in [2.45, 2.75) is 54.5 Å². The lowest BCUT2D eigenvalue weighted by Crippen LogP contribution is -2.23. The fourth-order valence-corrected chi connectivity index (χ4v) is 3.86. The highest BCUT2D eigenvalue weighted by molar-refractivity contribution is 5.93. The van der Waals surface area contributed by atoms with Gasteiger partial charge in [-0.15, -0.1) is 0 Å². The summed E-state index contributed by atoms with van der Waals surface area (Å²) in [6.07, 6.45) is 2.63. The molecule has 4 heteroatoms. The quantitative estimate of drug-likeness (QED) is 0.668. The van der Waals surface area contributed by atoms with Gasteiger partial charge in [-0.1, -0.05) is 32.9 Å². The number of aryl methyl sites for hydroxylation is 2. The van der Waals surface area contributed by atoms with Crippen LogP contribution in [-0.4, -0.2) is 12.5 Å². The Morgan fingerprint density at radius 2 is 1.76 bits per heavy atom. The lowest BCUT2D eigenvalue weighted by Gasteiger charge is -2.25. The van der Waals surface area contributed by atoms with Crippen LogP contribution in [0.1, 0.15) is 56.4 Å². The van der Waals surface area contributed by atoms with E-state index in [2.05, 4.69) is 49.2 Å². The number of nitrogens with zero attached hydrogens (tertiary/aromatic N) is 1. The van der Waals surface area contributed by atoms with Crippen LogP contribution in [0.15, 0.2) is 36.4 Å². The van der Waals surface area contributed by atoms with E-state index in [0.717, 1.165) is 52.3 Å². The van der Waals surface area contributed by atoms with Crippen molar-refractivity contribution in [3.05, 3.63) is 64.5 Å². The third-order valence-corrected chi connectivity index (χ3v) is 5.31. The van der Waals surface area contributed by atoms with Crippen LogP contribution < -0.4 is 10.2 Å². The second-order valence-electron chi connectivity index (χ2n) is 9.31. The Morgan fingerprint density at radius 1 is 1.10 bits per heavy atom. The molecule has 0 spiro atoms. The van der Waals surface area contributed by atoms with Gasteiger partial charge < -0.3 is 10.2 Å². The van der Waals surface area contributed by atoms with E-state index in [1.807, 2.05) is 26.8 Å². The third-order valence-electron chi connectivity index (χ3n) is 5.31. The van der Waals surface area contributed by atoms with Crippen LogP contribution >= 0.6 is 0 Å². The Bertz CT molecular complexity index is 946. The average molecular weight is 395 g/mol. The molecule has 0 unspecified atom stereocenters. The number of hydrogen-bond acceptors (Lipinski definition) is 2. The first kappa shape index (κ1) is 21.1. The number of hydrogen-bond donors (Lipinski definition) is 1. The zero-order chi connectivity index (χ0) is 21.3. The van der Waals surface area contributed by atoms with Crippen molar-refractivity contribution < 1.29 is 9.18 Å². The van der Waals surface area contributed by atoms with Crippen LogP contribution in [0.2, 0.25) is 0 Å². The molecule has 3 rings (SSSR count). The molecule has 0 saturated heterocycles. The molecule has 29 heavy (non-hydrogen) atoms. The molecule has 0 bridgehead atoms. The summed E-state index contributed by atoms with van der Waals surface area (Å²) in [4.78, 5) is 14.7. The standard InChI is InChI=1S/C25H31FN2O/c1-16-9-10-28(15-19-7-8-20(26)13-22(16)19)21-11-17(2)24(18(3)12-21)27-23(29)14-25(4,5)6/h7-9,11-13H,10,14-15H2,1-6H3,(H,27,29). The molecular weight excluding hydrogens is 363 g/mol. The van der Waals surface area contributed by atoms with Gasteiger partial charge in [0.1, 0.15) is 5.82 Å². The lowest BCUT2D eigenvalue weighted by atomic mass is 9.92. The summed E-state index contributed by atoms with van der Waals surface area (Å²) in [5.41, 5.74) is 7.25. The van der Waals surface area contributed by atoms with Gasteiger partial charge >= 0.3 is 0 Å². The number of halogens is 1. The van der Waals surface area contributed by atoms with Crippen molar-refractivity contribution in [2.24, 2.45) is 5.41 Å². The van der Waals surface area contributed by atoms with Gasteiger partial charge in [0, 0.05) is 30.9 Å². The summed E-state index contributed by atoms with van der Waals surface area (Å²) in [5.74, 6) is -0.160. The zero-order valence-electron chi connectivity index (χ0n) is 18.3. The van der Waals surface area contributed by atoms with Crippen LogP contribution in [0, 0.1) is 25.1 Å². The number of carbonyl (C=O) groups excluding carboxylic acids is 1. The van der Waals surface area contributed by atoms with Crippen LogP contribution in [0.4, 0.5) is 15.8 Å². The van der Waals surface area contributed by atoms with E-state index in [4.69, 9.17) is 0 Å². The number of carbonyl (C=O) groups is 1. The maximum absolute atomic E-state index is 13.7. The van der Waals surface area contributed by atoms with Crippen LogP contribution in [-0.2, 0) is 11.3 Å². The van der Waals surface area contributed by atoms with E-state index in [9.17, 15) is 9.18 Å². The van der Waals surface area contributed by atoms with E-state index in [0.29, 0.717) is 6.42 Å². The molecule has 2 aromatic carbocycles. The molecule has 0 atom stereocenters. The predicted molar refractivity (Wildman–Crippen MR) is 120 cm³/mol. The highest BCUT2D eigenvalue weighted by atomic mass is 19.1. The maximum atomic E-state index is 13.7. The SMILES string of the molecule is CC1=CCN(c2cc(C)c(NC(=O)CC(C)(C)C)c(C)c2)Cc2ccc(F)cc21. The summed E-state index contributed by atoms with van der Waals surface area (Å²) in [6.45, 7) is 13.8. The summed E-state index contributed by atoms with van der Waals surface area (Å²) >= 11 is 0. The molecule has 3 nitrogen and oxygen atoms in total. The monoisotopic (exact) mass is 394 g/mol. The van der Waals surface area contributed by atoms with Crippen molar-refractivity contribution in [2.75, 3.05) is 16.8 Å². The lowest BCUT2D eigenvalue weighted by molar-refractivity contribution is -0.117. The van der Waals surface area contributed by atoms with Gasteiger partial charge in [0.05, 0.1) is 0 Å². The van der Waals surface area contributed by atoms with Gasteiger partial charge in [-0.2, -0.15) is 0 Å². The number of allylic oxidation sites excluding steroid dienone is 1. The molecule has 0 aliphatic carbocycles. The van der Waals surface area contributed by atoms with Crippen molar-refractivity contribution in [1.29, 1.82) is 0 Å². The van der Waals surface area contributed by atoms with Gasteiger partial charge in [0.2, 0.25) is 5.91 Å². The van der Waals surface area contributed by atoms with Crippen molar-refractivity contribution in [3.8, 4) is 0 Å². The molecule has 1 aliphatic heterocycles. The van der Waals surface area contributed by atoms with Gasteiger partial charge in [0.25, 0.3) is 0 Å². The Kier molecular flexibility index (Phi) is 5.83. The first-order valence-corrected chi connectivity index (χ1v) is 10.1. The Hall–Kier alpha value is -2.62. The molecule has 154 valence electrons. The van der Waals surface area contributed by atoms with Crippen LogP contribution in [0.5, 0.6) is 0 Å². The molecular formula is C25H31FN2O. The second kappa shape index (κ2) is 8.02. The highest BCUT2D eigenvalue weighted by Gasteiger charge is 2.19. The van der Waals surface area contributed by atoms with E-state index in [-0.39, 0.29) is 17.1 Å². The third kappa shape index (κ3) is 5.06. The number of amides is 1. The number of rotatable bonds is 3. The number of benzene rings is 2. The van der Waals surface area contributed by atoms with E-state index < -0.39 is 0 Å². The Labute approximate surface area is 173 Å². The number of nitrogens with one attached hydrogen (secondary N) is 1. The van der Waals surface area contributed by atoms with Gasteiger partial charge in [-0.3, -0.25) is 4.79 Å². The minimum atomic E-state index is -0.202.